The lowest BCUT2D eigenvalue weighted by Gasteiger charge is -2.32. The van der Waals surface area contributed by atoms with Gasteiger partial charge in [-0.3, -0.25) is 0 Å². The number of benzene rings is 3. The Labute approximate surface area is 180 Å². The zero-order valence-corrected chi connectivity index (χ0v) is 17.0. The standard InChI is InChI=1S/C23H17F3N2O2S/c24-23(25,26)22(29)13-17(27-30-22)16-11-9-15(10-12-16)14-28-18-5-1-3-7-20(18)31-21-8-4-2-6-19(21)28/h1-12,29H,13-14H2. The first-order chi connectivity index (χ1) is 14.8. The molecule has 2 aliphatic rings. The van der Waals surface area contributed by atoms with Crippen molar-refractivity contribution in [2.45, 2.75) is 34.7 Å². The van der Waals surface area contributed by atoms with E-state index in [1.54, 1.807) is 23.9 Å². The Hall–Kier alpha value is -2.97. The molecular formula is C23H17F3N2O2S. The van der Waals surface area contributed by atoms with E-state index in [0.717, 1.165) is 16.9 Å². The van der Waals surface area contributed by atoms with Gasteiger partial charge in [0.05, 0.1) is 23.5 Å². The molecule has 0 saturated heterocycles. The van der Waals surface area contributed by atoms with Gasteiger partial charge >= 0.3 is 12.0 Å². The molecule has 4 nitrogen and oxygen atoms in total. The average molecular weight is 442 g/mol. The lowest BCUT2D eigenvalue weighted by atomic mass is 10.0. The zero-order valence-electron chi connectivity index (χ0n) is 16.1. The normalized spacial score (nSPS) is 20.0. The van der Waals surface area contributed by atoms with Gasteiger partial charge in [0, 0.05) is 16.3 Å². The van der Waals surface area contributed by atoms with E-state index in [2.05, 4.69) is 39.2 Å². The van der Waals surface area contributed by atoms with E-state index in [0.29, 0.717) is 12.1 Å². The van der Waals surface area contributed by atoms with E-state index in [1.807, 2.05) is 36.4 Å². The summed E-state index contributed by atoms with van der Waals surface area (Å²) in [4.78, 5) is 8.88. The molecule has 3 aromatic carbocycles. The highest BCUT2D eigenvalue weighted by atomic mass is 32.2. The van der Waals surface area contributed by atoms with Crippen molar-refractivity contribution < 1.29 is 23.1 Å². The topological polar surface area (TPSA) is 45.1 Å². The second-order valence-electron chi connectivity index (χ2n) is 7.41. The first-order valence-corrected chi connectivity index (χ1v) is 10.4. The van der Waals surface area contributed by atoms with Crippen molar-refractivity contribution in [1.29, 1.82) is 0 Å². The predicted octanol–water partition coefficient (Wildman–Crippen LogP) is 5.86. The summed E-state index contributed by atoms with van der Waals surface area (Å²) in [7, 11) is 0. The van der Waals surface area contributed by atoms with Gasteiger partial charge in [0.1, 0.15) is 0 Å². The molecule has 2 heterocycles. The Morgan fingerprint density at radius 1 is 0.935 bits per heavy atom. The minimum absolute atomic E-state index is 0.0661. The van der Waals surface area contributed by atoms with Crippen LogP contribution in [0.3, 0.4) is 0 Å². The number of alkyl halides is 3. The maximum atomic E-state index is 12.9. The van der Waals surface area contributed by atoms with Crippen LogP contribution in [0.4, 0.5) is 24.5 Å². The number of para-hydroxylation sites is 2. The number of fused-ring (bicyclic) bond motifs is 2. The fraction of sp³-hybridized carbons (Fsp3) is 0.174. The molecule has 0 saturated carbocycles. The van der Waals surface area contributed by atoms with E-state index in [9.17, 15) is 18.3 Å². The fourth-order valence-corrected chi connectivity index (χ4v) is 4.76. The number of halogens is 3. The number of nitrogens with zero attached hydrogens (tertiary/aromatic N) is 2. The first kappa shape index (κ1) is 20.0. The highest BCUT2D eigenvalue weighted by Gasteiger charge is 2.60. The van der Waals surface area contributed by atoms with Gasteiger partial charge in [-0.05, 0) is 35.4 Å². The summed E-state index contributed by atoms with van der Waals surface area (Å²) in [5, 5.41) is 13.1. The summed E-state index contributed by atoms with van der Waals surface area (Å²) in [5.74, 6) is -3.26. The van der Waals surface area contributed by atoms with E-state index in [1.165, 1.54) is 9.79 Å². The minimum atomic E-state index is -4.91. The molecule has 0 radical (unpaired) electrons. The van der Waals surface area contributed by atoms with Gasteiger partial charge in [-0.15, -0.1) is 0 Å². The Morgan fingerprint density at radius 3 is 2.06 bits per heavy atom. The Bertz CT molecular complexity index is 1120. The number of oxime groups is 1. The second kappa shape index (κ2) is 7.32. The van der Waals surface area contributed by atoms with Crippen molar-refractivity contribution >= 4 is 28.8 Å². The largest absolute Gasteiger partial charge is 0.458 e. The third kappa shape index (κ3) is 3.55. The number of hydrogen-bond donors (Lipinski definition) is 1. The SMILES string of the molecule is OC1(C(F)(F)F)CC(c2ccc(CN3c4ccccc4Sc4ccccc43)cc2)=NO1. The van der Waals surface area contributed by atoms with E-state index in [4.69, 9.17) is 0 Å². The Morgan fingerprint density at radius 2 is 1.52 bits per heavy atom. The molecule has 3 aromatic rings. The van der Waals surface area contributed by atoms with E-state index < -0.39 is 18.4 Å². The quantitative estimate of drug-likeness (QED) is 0.552. The summed E-state index contributed by atoms with van der Waals surface area (Å²) in [6.45, 7) is 0.602. The average Bonchev–Trinajstić information content (AvgIpc) is 3.18. The first-order valence-electron chi connectivity index (χ1n) is 9.61. The Balaban J connectivity index is 1.39. The van der Waals surface area contributed by atoms with Gasteiger partial charge in [0.25, 0.3) is 0 Å². The molecule has 0 bridgehead atoms. The van der Waals surface area contributed by atoms with Crippen LogP contribution < -0.4 is 4.90 Å². The molecule has 0 spiro atoms. The van der Waals surface area contributed by atoms with Crippen LogP contribution in [0, 0.1) is 0 Å². The van der Waals surface area contributed by atoms with Crippen LogP contribution in [-0.2, 0) is 11.4 Å². The van der Waals surface area contributed by atoms with Crippen LogP contribution >= 0.6 is 11.8 Å². The van der Waals surface area contributed by atoms with Gasteiger partial charge in [-0.25, -0.2) is 0 Å². The minimum Gasteiger partial charge on any atom is -0.350 e. The van der Waals surface area contributed by atoms with Crippen LogP contribution in [0.2, 0.25) is 0 Å². The monoisotopic (exact) mass is 442 g/mol. The summed E-state index contributed by atoms with van der Waals surface area (Å²) in [6, 6.07) is 23.5. The van der Waals surface area contributed by atoms with Crippen LogP contribution in [-0.4, -0.2) is 22.8 Å². The molecule has 0 fully saturated rings. The van der Waals surface area contributed by atoms with Crippen LogP contribution in [0.5, 0.6) is 0 Å². The number of rotatable bonds is 3. The van der Waals surface area contributed by atoms with Crippen molar-refractivity contribution in [2.75, 3.05) is 4.90 Å². The van der Waals surface area contributed by atoms with Gasteiger partial charge in [0.15, 0.2) is 0 Å². The molecule has 31 heavy (non-hydrogen) atoms. The van der Waals surface area contributed by atoms with Gasteiger partial charge in [0.2, 0.25) is 0 Å². The smallest absolute Gasteiger partial charge is 0.350 e. The zero-order chi connectivity index (χ0) is 21.6. The third-order valence-electron chi connectivity index (χ3n) is 5.32. The van der Waals surface area contributed by atoms with E-state index >= 15 is 0 Å². The number of anilines is 2. The molecule has 5 rings (SSSR count). The maximum absolute atomic E-state index is 12.9. The van der Waals surface area contributed by atoms with Crippen molar-refractivity contribution in [3.63, 3.8) is 0 Å². The summed E-state index contributed by atoms with van der Waals surface area (Å²) >= 11 is 1.73. The lowest BCUT2D eigenvalue weighted by Crippen LogP contribution is -2.45. The van der Waals surface area contributed by atoms with Crippen molar-refractivity contribution in [3.8, 4) is 0 Å². The molecule has 2 aliphatic heterocycles. The van der Waals surface area contributed by atoms with Crippen molar-refractivity contribution in [3.05, 3.63) is 83.9 Å². The van der Waals surface area contributed by atoms with Gasteiger partial charge in [-0.2, -0.15) is 13.2 Å². The second-order valence-corrected chi connectivity index (χ2v) is 8.49. The molecule has 158 valence electrons. The fourth-order valence-electron chi connectivity index (χ4n) is 3.67. The number of aliphatic hydroxyl groups is 1. The van der Waals surface area contributed by atoms with Gasteiger partial charge < -0.3 is 14.8 Å². The molecule has 0 aliphatic carbocycles. The van der Waals surface area contributed by atoms with Gasteiger partial charge in [-0.1, -0.05) is 65.4 Å². The molecule has 1 N–H and O–H groups in total. The highest BCUT2D eigenvalue weighted by molar-refractivity contribution is 7.99. The lowest BCUT2D eigenvalue weighted by molar-refractivity contribution is -0.355. The molecule has 0 amide bonds. The molecule has 1 atom stereocenters. The molecule has 1 unspecified atom stereocenters. The maximum Gasteiger partial charge on any atom is 0.458 e. The van der Waals surface area contributed by atoms with Crippen LogP contribution in [0.1, 0.15) is 17.5 Å². The van der Waals surface area contributed by atoms with E-state index in [-0.39, 0.29) is 5.71 Å². The molecule has 0 aromatic heterocycles. The molecular weight excluding hydrogens is 425 g/mol. The molecule has 8 heteroatoms. The third-order valence-corrected chi connectivity index (χ3v) is 6.45. The summed E-state index contributed by atoms with van der Waals surface area (Å²) in [6.07, 6.45) is -5.65. The summed E-state index contributed by atoms with van der Waals surface area (Å²) < 4.78 is 38.8. The van der Waals surface area contributed by atoms with Crippen molar-refractivity contribution in [2.24, 2.45) is 5.16 Å². The highest BCUT2D eigenvalue weighted by Crippen LogP contribution is 2.48. The number of hydrogen-bond acceptors (Lipinski definition) is 5. The van der Waals surface area contributed by atoms with Crippen LogP contribution in [0.15, 0.2) is 87.7 Å². The summed E-state index contributed by atoms with van der Waals surface area (Å²) in [5.41, 5.74) is 3.76. The van der Waals surface area contributed by atoms with Crippen molar-refractivity contribution in [1.82, 2.24) is 0 Å². The van der Waals surface area contributed by atoms with Crippen LogP contribution in [0.25, 0.3) is 0 Å². The predicted molar refractivity (Wildman–Crippen MR) is 113 cm³/mol. The Kier molecular flexibility index (Phi) is 4.71.